The third-order valence-electron chi connectivity index (χ3n) is 3.85. The Morgan fingerprint density at radius 3 is 2.62 bits per heavy atom. The number of aromatic carboxylic acids is 1. The van der Waals surface area contributed by atoms with E-state index < -0.39 is 16.0 Å². The standard InChI is InChI=1S/C13H18N2O5S/c16-8-11-3-1-2-9(11)7-15-21(19,20)12-5-4-10(6-14-12)13(17)18/h4-6,9,11,15-16H,1-3,7-8H2,(H,17,18). The fourth-order valence-electron chi connectivity index (χ4n) is 2.58. The van der Waals surface area contributed by atoms with E-state index in [0.29, 0.717) is 0 Å². The van der Waals surface area contributed by atoms with Crippen molar-refractivity contribution < 1.29 is 23.4 Å². The molecule has 0 amide bonds. The SMILES string of the molecule is O=C(O)c1ccc(S(=O)(=O)NCC2CCCC2CO)nc1. The molecule has 1 aliphatic carbocycles. The minimum absolute atomic E-state index is 0.0647. The topological polar surface area (TPSA) is 117 Å². The summed E-state index contributed by atoms with van der Waals surface area (Å²) in [6.07, 6.45) is 3.81. The Labute approximate surface area is 123 Å². The van der Waals surface area contributed by atoms with E-state index >= 15 is 0 Å². The normalized spacial score (nSPS) is 22.3. The van der Waals surface area contributed by atoms with Gasteiger partial charge in [-0.15, -0.1) is 0 Å². The van der Waals surface area contributed by atoms with E-state index in [1.807, 2.05) is 0 Å². The van der Waals surface area contributed by atoms with Gasteiger partial charge in [0.2, 0.25) is 0 Å². The molecular weight excluding hydrogens is 296 g/mol. The highest BCUT2D eigenvalue weighted by Gasteiger charge is 2.28. The Morgan fingerprint density at radius 1 is 1.33 bits per heavy atom. The monoisotopic (exact) mass is 314 g/mol. The van der Waals surface area contributed by atoms with Crippen LogP contribution in [0.25, 0.3) is 0 Å². The van der Waals surface area contributed by atoms with Gasteiger partial charge in [-0.05, 0) is 36.8 Å². The zero-order valence-electron chi connectivity index (χ0n) is 11.4. The van der Waals surface area contributed by atoms with Gasteiger partial charge in [0, 0.05) is 19.3 Å². The molecule has 2 unspecified atom stereocenters. The van der Waals surface area contributed by atoms with Crippen molar-refractivity contribution in [2.75, 3.05) is 13.2 Å². The van der Waals surface area contributed by atoms with Gasteiger partial charge in [-0.25, -0.2) is 22.9 Å². The van der Waals surface area contributed by atoms with Crippen LogP contribution in [0.15, 0.2) is 23.4 Å². The number of carbonyl (C=O) groups is 1. The molecular formula is C13H18N2O5S. The molecule has 0 spiro atoms. The second-order valence-corrected chi connectivity index (χ2v) is 6.89. The van der Waals surface area contributed by atoms with E-state index in [2.05, 4.69) is 9.71 Å². The minimum Gasteiger partial charge on any atom is -0.478 e. The lowest BCUT2D eigenvalue weighted by molar-refractivity contribution is 0.0696. The number of hydrogen-bond donors (Lipinski definition) is 3. The maximum atomic E-state index is 12.1. The second kappa shape index (κ2) is 6.50. The lowest BCUT2D eigenvalue weighted by Gasteiger charge is -2.17. The first-order valence-electron chi connectivity index (χ1n) is 6.74. The van der Waals surface area contributed by atoms with Crippen molar-refractivity contribution >= 4 is 16.0 Å². The predicted molar refractivity (Wildman–Crippen MR) is 74.3 cm³/mol. The van der Waals surface area contributed by atoms with Crippen molar-refractivity contribution in [3.05, 3.63) is 23.9 Å². The number of aliphatic hydroxyl groups is 1. The van der Waals surface area contributed by atoms with Gasteiger partial charge in [-0.3, -0.25) is 0 Å². The summed E-state index contributed by atoms with van der Waals surface area (Å²) >= 11 is 0. The van der Waals surface area contributed by atoms with Gasteiger partial charge < -0.3 is 10.2 Å². The molecule has 0 aromatic carbocycles. The Balaban J connectivity index is 2.02. The van der Waals surface area contributed by atoms with Crippen LogP contribution in [0.4, 0.5) is 0 Å². The van der Waals surface area contributed by atoms with Gasteiger partial charge in [0.15, 0.2) is 5.03 Å². The number of pyridine rings is 1. The van der Waals surface area contributed by atoms with Crippen LogP contribution in [0, 0.1) is 11.8 Å². The molecule has 7 nitrogen and oxygen atoms in total. The first-order valence-corrected chi connectivity index (χ1v) is 8.22. The zero-order chi connectivity index (χ0) is 15.5. The molecule has 3 N–H and O–H groups in total. The molecule has 1 aromatic heterocycles. The van der Waals surface area contributed by atoms with Crippen molar-refractivity contribution in [3.8, 4) is 0 Å². The Hall–Kier alpha value is -1.51. The van der Waals surface area contributed by atoms with Gasteiger partial charge in [0.1, 0.15) is 0 Å². The van der Waals surface area contributed by atoms with E-state index in [1.165, 1.54) is 12.1 Å². The summed E-state index contributed by atoms with van der Waals surface area (Å²) in [6.45, 7) is 0.327. The molecule has 1 heterocycles. The fraction of sp³-hybridized carbons (Fsp3) is 0.538. The van der Waals surface area contributed by atoms with E-state index in [4.69, 9.17) is 5.11 Å². The van der Waals surface area contributed by atoms with Crippen molar-refractivity contribution in [1.82, 2.24) is 9.71 Å². The van der Waals surface area contributed by atoms with Crippen molar-refractivity contribution in [2.45, 2.75) is 24.3 Å². The van der Waals surface area contributed by atoms with Crippen LogP contribution in [-0.2, 0) is 10.0 Å². The van der Waals surface area contributed by atoms with E-state index in [9.17, 15) is 18.3 Å². The van der Waals surface area contributed by atoms with Crippen LogP contribution in [0.2, 0.25) is 0 Å². The smallest absolute Gasteiger partial charge is 0.337 e. The first-order chi connectivity index (χ1) is 9.94. The molecule has 1 aliphatic rings. The molecule has 8 heteroatoms. The molecule has 1 fully saturated rings. The van der Waals surface area contributed by atoms with Gasteiger partial charge in [-0.1, -0.05) is 6.42 Å². The number of aliphatic hydroxyl groups excluding tert-OH is 1. The van der Waals surface area contributed by atoms with Crippen LogP contribution in [0.5, 0.6) is 0 Å². The van der Waals surface area contributed by atoms with Crippen molar-refractivity contribution in [2.24, 2.45) is 11.8 Å². The second-order valence-electron chi connectivity index (χ2n) is 5.18. The molecule has 0 bridgehead atoms. The average Bonchev–Trinajstić information content (AvgIpc) is 2.93. The van der Waals surface area contributed by atoms with Gasteiger partial charge >= 0.3 is 5.97 Å². The van der Waals surface area contributed by atoms with Crippen LogP contribution >= 0.6 is 0 Å². The zero-order valence-corrected chi connectivity index (χ0v) is 12.2. The minimum atomic E-state index is -3.76. The van der Waals surface area contributed by atoms with Crippen LogP contribution in [0.3, 0.4) is 0 Å². The molecule has 0 radical (unpaired) electrons. The summed E-state index contributed by atoms with van der Waals surface area (Å²) in [5, 5.41) is 17.8. The molecule has 0 aliphatic heterocycles. The number of nitrogens with one attached hydrogen (secondary N) is 1. The number of carboxylic acids is 1. The number of nitrogens with zero attached hydrogens (tertiary/aromatic N) is 1. The average molecular weight is 314 g/mol. The molecule has 2 atom stereocenters. The number of sulfonamides is 1. The van der Waals surface area contributed by atoms with Crippen LogP contribution in [-0.4, -0.2) is 42.7 Å². The highest BCUT2D eigenvalue weighted by molar-refractivity contribution is 7.89. The Bertz CT molecular complexity index is 599. The molecule has 116 valence electrons. The summed E-state index contributed by atoms with van der Waals surface area (Å²) in [4.78, 5) is 14.4. The first kappa shape index (κ1) is 15.9. The fourth-order valence-corrected chi connectivity index (χ4v) is 3.60. The van der Waals surface area contributed by atoms with E-state index in [0.717, 1.165) is 25.5 Å². The summed E-state index contributed by atoms with van der Waals surface area (Å²) in [5.74, 6) is -0.894. The predicted octanol–water partition coefficient (Wildman–Crippen LogP) is 0.467. The quantitative estimate of drug-likeness (QED) is 0.702. The largest absolute Gasteiger partial charge is 0.478 e. The van der Waals surface area contributed by atoms with Gasteiger partial charge in [-0.2, -0.15) is 0 Å². The lowest BCUT2D eigenvalue weighted by atomic mass is 9.97. The summed E-state index contributed by atoms with van der Waals surface area (Å²) in [5.41, 5.74) is -0.0647. The third kappa shape index (κ3) is 3.78. The van der Waals surface area contributed by atoms with E-state index in [-0.39, 0.29) is 35.6 Å². The Kier molecular flexibility index (Phi) is 4.92. The molecule has 0 saturated heterocycles. The van der Waals surface area contributed by atoms with Crippen molar-refractivity contribution in [3.63, 3.8) is 0 Å². The molecule has 21 heavy (non-hydrogen) atoms. The maximum Gasteiger partial charge on any atom is 0.337 e. The summed E-state index contributed by atoms with van der Waals surface area (Å²) in [6, 6.07) is 2.37. The third-order valence-corrected chi connectivity index (χ3v) is 5.18. The van der Waals surface area contributed by atoms with Gasteiger partial charge in [0.25, 0.3) is 10.0 Å². The summed E-state index contributed by atoms with van der Waals surface area (Å²) in [7, 11) is -3.76. The van der Waals surface area contributed by atoms with Crippen LogP contribution < -0.4 is 4.72 Å². The van der Waals surface area contributed by atoms with E-state index in [1.54, 1.807) is 0 Å². The number of carboxylic acid groups (broad SMARTS) is 1. The van der Waals surface area contributed by atoms with Crippen LogP contribution in [0.1, 0.15) is 29.6 Å². The highest BCUT2D eigenvalue weighted by atomic mass is 32.2. The molecule has 1 saturated carbocycles. The summed E-state index contributed by atoms with van der Waals surface area (Å²) < 4.78 is 26.6. The lowest BCUT2D eigenvalue weighted by Crippen LogP contribution is -2.32. The van der Waals surface area contributed by atoms with Crippen molar-refractivity contribution in [1.29, 1.82) is 0 Å². The molecule has 1 aromatic rings. The highest BCUT2D eigenvalue weighted by Crippen LogP contribution is 2.30. The molecule has 2 rings (SSSR count). The Morgan fingerprint density at radius 2 is 2.05 bits per heavy atom. The number of rotatable bonds is 6. The number of hydrogen-bond acceptors (Lipinski definition) is 5. The number of aromatic nitrogens is 1. The van der Waals surface area contributed by atoms with Gasteiger partial charge in [0.05, 0.1) is 5.56 Å². The maximum absolute atomic E-state index is 12.1.